The molecule has 1 nitrogen and oxygen atoms in total. The molecule has 13 heavy (non-hydrogen) atoms. The summed E-state index contributed by atoms with van der Waals surface area (Å²) in [5, 5.41) is 0. The van der Waals surface area contributed by atoms with Crippen LogP contribution in [0.25, 0.3) is 0 Å². The number of halogens is 2. The van der Waals surface area contributed by atoms with Crippen molar-refractivity contribution < 1.29 is 4.39 Å². The maximum atomic E-state index is 13.4. The lowest BCUT2D eigenvalue weighted by Gasteiger charge is -2.08. The van der Waals surface area contributed by atoms with Gasteiger partial charge < -0.3 is 5.73 Å². The maximum Gasteiger partial charge on any atom is 0.140 e. The lowest BCUT2D eigenvalue weighted by atomic mass is 10.0. The van der Waals surface area contributed by atoms with Gasteiger partial charge in [0.15, 0.2) is 0 Å². The molecule has 72 valence electrons. The fourth-order valence-electron chi connectivity index (χ4n) is 1.29. The number of benzene rings is 1. The van der Waals surface area contributed by atoms with Crippen molar-refractivity contribution in [2.45, 2.75) is 26.3 Å². The molecular formula is C10H13BrFN. The van der Waals surface area contributed by atoms with Gasteiger partial charge >= 0.3 is 0 Å². The molecule has 0 radical (unpaired) electrons. The van der Waals surface area contributed by atoms with Crippen LogP contribution in [-0.4, -0.2) is 6.04 Å². The van der Waals surface area contributed by atoms with E-state index in [0.29, 0.717) is 16.5 Å². The monoisotopic (exact) mass is 245 g/mol. The quantitative estimate of drug-likeness (QED) is 0.853. The Balaban J connectivity index is 3.05. The van der Waals surface area contributed by atoms with E-state index in [2.05, 4.69) is 15.9 Å². The lowest BCUT2D eigenvalue weighted by Crippen LogP contribution is -2.18. The zero-order valence-corrected chi connectivity index (χ0v) is 9.36. The molecule has 1 atom stereocenters. The first-order valence-corrected chi connectivity index (χ1v) is 5.00. The summed E-state index contributed by atoms with van der Waals surface area (Å²) in [4.78, 5) is 0. The third-order valence-corrected chi connectivity index (χ3v) is 2.37. The molecular weight excluding hydrogens is 233 g/mol. The van der Waals surface area contributed by atoms with Crippen LogP contribution in [0.4, 0.5) is 4.39 Å². The van der Waals surface area contributed by atoms with Gasteiger partial charge in [-0.2, -0.15) is 0 Å². The second-order valence-corrected chi connectivity index (χ2v) is 4.26. The Morgan fingerprint density at radius 1 is 1.54 bits per heavy atom. The molecule has 0 saturated heterocycles. The van der Waals surface area contributed by atoms with Gasteiger partial charge in [-0.3, -0.25) is 0 Å². The predicted octanol–water partition coefficient (Wildman–Crippen LogP) is 2.79. The van der Waals surface area contributed by atoms with Crippen molar-refractivity contribution in [2.75, 3.05) is 0 Å². The first-order chi connectivity index (χ1) is 6.00. The first-order valence-electron chi connectivity index (χ1n) is 4.21. The Bertz CT molecular complexity index is 310. The normalized spacial score (nSPS) is 13.0. The Labute approximate surface area is 86.3 Å². The van der Waals surface area contributed by atoms with Crippen LogP contribution in [0.15, 0.2) is 16.6 Å². The highest BCUT2D eigenvalue weighted by Crippen LogP contribution is 2.21. The molecule has 0 spiro atoms. The molecule has 1 rings (SSSR count). The van der Waals surface area contributed by atoms with Gasteiger partial charge in [-0.05, 0) is 53.4 Å². The molecule has 0 bridgehead atoms. The summed E-state index contributed by atoms with van der Waals surface area (Å²) in [5.41, 5.74) is 7.34. The predicted molar refractivity (Wildman–Crippen MR) is 56.2 cm³/mol. The fourth-order valence-corrected chi connectivity index (χ4v) is 1.91. The van der Waals surface area contributed by atoms with Gasteiger partial charge in [0.05, 0.1) is 4.47 Å². The smallest absolute Gasteiger partial charge is 0.140 e. The fraction of sp³-hybridized carbons (Fsp3) is 0.400. The lowest BCUT2D eigenvalue weighted by molar-refractivity contribution is 0.589. The number of hydrogen-bond acceptors (Lipinski definition) is 1. The Morgan fingerprint density at radius 3 is 2.69 bits per heavy atom. The van der Waals surface area contributed by atoms with Gasteiger partial charge in [-0.15, -0.1) is 0 Å². The highest BCUT2D eigenvalue weighted by Gasteiger charge is 2.08. The minimum atomic E-state index is -0.192. The zero-order chi connectivity index (χ0) is 10.0. The summed E-state index contributed by atoms with van der Waals surface area (Å²) in [6.07, 6.45) is 0.576. The molecule has 0 aliphatic rings. The zero-order valence-electron chi connectivity index (χ0n) is 7.77. The third kappa shape index (κ3) is 2.78. The van der Waals surface area contributed by atoms with Crippen molar-refractivity contribution >= 4 is 15.9 Å². The van der Waals surface area contributed by atoms with Crippen molar-refractivity contribution in [2.24, 2.45) is 5.73 Å². The van der Waals surface area contributed by atoms with Crippen molar-refractivity contribution in [3.8, 4) is 0 Å². The molecule has 0 aromatic heterocycles. The van der Waals surface area contributed by atoms with E-state index < -0.39 is 0 Å². The van der Waals surface area contributed by atoms with Crippen molar-refractivity contribution in [1.29, 1.82) is 0 Å². The Hall–Kier alpha value is -0.410. The molecule has 0 fully saturated rings. The van der Waals surface area contributed by atoms with Crippen LogP contribution < -0.4 is 5.73 Å². The van der Waals surface area contributed by atoms with E-state index in [0.717, 1.165) is 5.56 Å². The summed E-state index contributed by atoms with van der Waals surface area (Å²) in [6, 6.07) is 3.59. The van der Waals surface area contributed by atoms with Crippen molar-refractivity contribution in [1.82, 2.24) is 0 Å². The summed E-state index contributed by atoms with van der Waals surface area (Å²) >= 11 is 3.17. The van der Waals surface area contributed by atoms with E-state index >= 15 is 0 Å². The van der Waals surface area contributed by atoms with Crippen LogP contribution in [0.1, 0.15) is 18.1 Å². The van der Waals surface area contributed by atoms with Gasteiger partial charge in [0.25, 0.3) is 0 Å². The Kier molecular flexibility index (Phi) is 3.45. The number of aryl methyl sites for hydroxylation is 1. The molecule has 1 unspecified atom stereocenters. The summed E-state index contributed by atoms with van der Waals surface area (Å²) in [5.74, 6) is -0.192. The topological polar surface area (TPSA) is 26.0 Å². The van der Waals surface area contributed by atoms with Crippen LogP contribution in [-0.2, 0) is 6.42 Å². The van der Waals surface area contributed by atoms with Gasteiger partial charge in [-0.25, -0.2) is 4.39 Å². The summed E-state index contributed by atoms with van der Waals surface area (Å²) < 4.78 is 14.0. The van der Waals surface area contributed by atoms with E-state index in [9.17, 15) is 4.39 Å². The second-order valence-electron chi connectivity index (χ2n) is 3.40. The molecule has 0 heterocycles. The van der Waals surface area contributed by atoms with Gasteiger partial charge in [0.1, 0.15) is 5.82 Å². The Morgan fingerprint density at radius 2 is 2.15 bits per heavy atom. The minimum Gasteiger partial charge on any atom is -0.328 e. The highest BCUT2D eigenvalue weighted by atomic mass is 79.9. The molecule has 0 amide bonds. The standard InChI is InChI=1S/C10H13BrFN/c1-6-3-8(5-7(2)13)10(12)9(11)4-6/h3-4,7H,5,13H2,1-2H3. The van der Waals surface area contributed by atoms with E-state index in [1.54, 1.807) is 6.07 Å². The maximum absolute atomic E-state index is 13.4. The van der Waals surface area contributed by atoms with E-state index in [1.165, 1.54) is 0 Å². The molecule has 0 saturated carbocycles. The molecule has 2 N–H and O–H groups in total. The van der Waals surface area contributed by atoms with Crippen LogP contribution in [0.2, 0.25) is 0 Å². The summed E-state index contributed by atoms with van der Waals surface area (Å²) in [6.45, 7) is 3.81. The van der Waals surface area contributed by atoms with Crippen LogP contribution in [0, 0.1) is 12.7 Å². The highest BCUT2D eigenvalue weighted by molar-refractivity contribution is 9.10. The summed E-state index contributed by atoms with van der Waals surface area (Å²) in [7, 11) is 0. The number of hydrogen-bond donors (Lipinski definition) is 1. The second kappa shape index (κ2) is 4.20. The van der Waals surface area contributed by atoms with E-state index in [4.69, 9.17) is 5.73 Å². The minimum absolute atomic E-state index is 0.0109. The largest absolute Gasteiger partial charge is 0.328 e. The van der Waals surface area contributed by atoms with Crippen LogP contribution >= 0.6 is 15.9 Å². The number of rotatable bonds is 2. The molecule has 1 aromatic carbocycles. The average molecular weight is 246 g/mol. The van der Waals surface area contributed by atoms with Crippen LogP contribution in [0.3, 0.4) is 0 Å². The number of nitrogens with two attached hydrogens (primary N) is 1. The van der Waals surface area contributed by atoms with Gasteiger partial charge in [0, 0.05) is 6.04 Å². The molecule has 0 aliphatic heterocycles. The SMILES string of the molecule is Cc1cc(Br)c(F)c(CC(C)N)c1. The molecule has 1 aromatic rings. The average Bonchev–Trinajstić information content (AvgIpc) is 1.98. The first kappa shape index (κ1) is 10.7. The van der Waals surface area contributed by atoms with E-state index in [-0.39, 0.29) is 11.9 Å². The van der Waals surface area contributed by atoms with Crippen molar-refractivity contribution in [3.05, 3.63) is 33.5 Å². The third-order valence-electron chi connectivity index (χ3n) is 1.79. The van der Waals surface area contributed by atoms with Crippen LogP contribution in [0.5, 0.6) is 0 Å². The van der Waals surface area contributed by atoms with Gasteiger partial charge in [0.2, 0.25) is 0 Å². The molecule has 3 heteroatoms. The van der Waals surface area contributed by atoms with Crippen molar-refractivity contribution in [3.63, 3.8) is 0 Å². The molecule has 0 aliphatic carbocycles. The van der Waals surface area contributed by atoms with Gasteiger partial charge in [-0.1, -0.05) is 6.07 Å². The van der Waals surface area contributed by atoms with E-state index in [1.807, 2.05) is 19.9 Å².